The van der Waals surface area contributed by atoms with Gasteiger partial charge in [-0.1, -0.05) is 48.5 Å². The number of rotatable bonds is 5. The number of nitrogens with one attached hydrogen (secondary N) is 2. The second-order valence-corrected chi connectivity index (χ2v) is 7.39. The summed E-state index contributed by atoms with van der Waals surface area (Å²) in [4.78, 5) is 29.1. The molecular formula is C23H18BrN3O2. The van der Waals surface area contributed by atoms with Gasteiger partial charge in [-0.3, -0.25) is 9.59 Å². The lowest BCUT2D eigenvalue weighted by molar-refractivity contribution is -0.116. The van der Waals surface area contributed by atoms with E-state index in [1.54, 1.807) is 6.07 Å². The maximum Gasteiger partial charge on any atom is 0.251 e. The molecule has 0 atom stereocenters. The lowest BCUT2D eigenvalue weighted by Gasteiger charge is -2.09. The Labute approximate surface area is 176 Å². The van der Waals surface area contributed by atoms with Crippen LogP contribution in [0.25, 0.3) is 21.7 Å². The molecule has 0 unspecified atom stereocenters. The van der Waals surface area contributed by atoms with Crippen molar-refractivity contribution in [3.63, 3.8) is 0 Å². The van der Waals surface area contributed by atoms with E-state index in [0.717, 1.165) is 21.7 Å². The van der Waals surface area contributed by atoms with E-state index < -0.39 is 0 Å². The van der Waals surface area contributed by atoms with Crippen LogP contribution in [-0.4, -0.2) is 23.3 Å². The topological polar surface area (TPSA) is 71.1 Å². The molecule has 5 nitrogen and oxygen atoms in total. The molecule has 4 rings (SSSR count). The summed E-state index contributed by atoms with van der Waals surface area (Å²) in [5.74, 6) is -0.390. The smallest absolute Gasteiger partial charge is 0.251 e. The second kappa shape index (κ2) is 8.41. The zero-order valence-corrected chi connectivity index (χ0v) is 17.1. The highest BCUT2D eigenvalue weighted by atomic mass is 79.9. The van der Waals surface area contributed by atoms with E-state index in [0.29, 0.717) is 15.9 Å². The van der Waals surface area contributed by atoms with Gasteiger partial charge in [-0.2, -0.15) is 0 Å². The largest absolute Gasteiger partial charge is 0.352 e. The number of fused-ring (bicyclic) bond motifs is 2. The Kier molecular flexibility index (Phi) is 5.53. The summed E-state index contributed by atoms with van der Waals surface area (Å²) in [6.45, 7) is 0.246. The molecule has 1 heterocycles. The van der Waals surface area contributed by atoms with E-state index >= 15 is 0 Å². The number of para-hydroxylation sites is 1. The third kappa shape index (κ3) is 4.43. The summed E-state index contributed by atoms with van der Waals surface area (Å²) in [6, 6.07) is 23.0. The van der Waals surface area contributed by atoms with E-state index in [9.17, 15) is 9.59 Å². The van der Waals surface area contributed by atoms with Gasteiger partial charge < -0.3 is 10.6 Å². The molecule has 0 saturated heterocycles. The molecule has 0 saturated carbocycles. The Bertz CT molecular complexity index is 1220. The van der Waals surface area contributed by atoms with Crippen molar-refractivity contribution in [1.29, 1.82) is 0 Å². The first-order valence-electron chi connectivity index (χ1n) is 9.22. The van der Waals surface area contributed by atoms with E-state index in [4.69, 9.17) is 0 Å². The van der Waals surface area contributed by atoms with Gasteiger partial charge in [0.2, 0.25) is 5.91 Å². The maximum atomic E-state index is 12.4. The normalized spacial score (nSPS) is 10.8. The number of aromatic nitrogens is 1. The van der Waals surface area contributed by atoms with Crippen LogP contribution < -0.4 is 10.6 Å². The Morgan fingerprint density at radius 1 is 0.862 bits per heavy atom. The van der Waals surface area contributed by atoms with Crippen molar-refractivity contribution in [2.24, 2.45) is 0 Å². The van der Waals surface area contributed by atoms with Crippen molar-refractivity contribution in [2.75, 3.05) is 11.9 Å². The number of amides is 2. The molecule has 2 N–H and O–H groups in total. The molecule has 2 amide bonds. The number of hydrogen-bond donors (Lipinski definition) is 2. The van der Waals surface area contributed by atoms with Crippen molar-refractivity contribution < 1.29 is 9.59 Å². The van der Waals surface area contributed by atoms with Gasteiger partial charge in [-0.05, 0) is 51.0 Å². The Morgan fingerprint density at radius 2 is 1.59 bits per heavy atom. The number of carbonyl (C=O) groups excluding carboxylic acids is 2. The van der Waals surface area contributed by atoms with Gasteiger partial charge in [0.05, 0.1) is 11.2 Å². The van der Waals surface area contributed by atoms with E-state index in [1.807, 2.05) is 66.7 Å². The number of halogens is 1. The molecule has 4 aromatic rings. The predicted octanol–water partition coefficient (Wildman–Crippen LogP) is 4.91. The lowest BCUT2D eigenvalue weighted by Crippen LogP contribution is -2.27. The van der Waals surface area contributed by atoms with Crippen molar-refractivity contribution in [1.82, 2.24) is 10.3 Å². The molecule has 0 bridgehead atoms. The first kappa shape index (κ1) is 19.1. The Balaban J connectivity index is 1.34. The van der Waals surface area contributed by atoms with Crippen molar-refractivity contribution >= 4 is 55.1 Å². The van der Waals surface area contributed by atoms with Gasteiger partial charge in [0.1, 0.15) is 4.60 Å². The van der Waals surface area contributed by atoms with Crippen LogP contribution in [0.3, 0.4) is 0 Å². The summed E-state index contributed by atoms with van der Waals surface area (Å²) in [5, 5.41) is 8.67. The standard InChI is InChI=1S/C23H18BrN3O2/c24-22-20(14-17-7-3-4-8-19(17)27-22)26-21(28)11-12-25-23(29)18-10-9-15-5-1-2-6-16(15)13-18/h1-10,13-14H,11-12H2,(H,25,29)(H,26,28). The summed E-state index contributed by atoms with van der Waals surface area (Å²) in [7, 11) is 0. The zero-order valence-electron chi connectivity index (χ0n) is 15.5. The first-order chi connectivity index (χ1) is 14.1. The molecule has 0 radical (unpaired) electrons. The average Bonchev–Trinajstić information content (AvgIpc) is 2.74. The van der Waals surface area contributed by atoms with E-state index in [1.165, 1.54) is 0 Å². The highest BCUT2D eigenvalue weighted by Gasteiger charge is 2.10. The molecule has 144 valence electrons. The quantitative estimate of drug-likeness (QED) is 0.427. The fraction of sp³-hybridized carbons (Fsp3) is 0.0870. The molecule has 0 aliphatic rings. The van der Waals surface area contributed by atoms with Gasteiger partial charge in [-0.25, -0.2) is 4.98 Å². The minimum absolute atomic E-state index is 0.165. The van der Waals surface area contributed by atoms with Crippen molar-refractivity contribution in [3.05, 3.63) is 83.0 Å². The summed E-state index contributed by atoms with van der Waals surface area (Å²) < 4.78 is 0.574. The molecule has 0 spiro atoms. The molecule has 29 heavy (non-hydrogen) atoms. The monoisotopic (exact) mass is 447 g/mol. The summed E-state index contributed by atoms with van der Waals surface area (Å²) >= 11 is 3.39. The summed E-state index contributed by atoms with van der Waals surface area (Å²) in [6.07, 6.45) is 0.165. The van der Waals surface area contributed by atoms with Crippen LogP contribution in [-0.2, 0) is 4.79 Å². The maximum absolute atomic E-state index is 12.4. The van der Waals surface area contributed by atoms with Gasteiger partial charge in [0.15, 0.2) is 0 Å². The number of pyridine rings is 1. The lowest BCUT2D eigenvalue weighted by atomic mass is 10.1. The number of benzene rings is 3. The van der Waals surface area contributed by atoms with Crippen LogP contribution in [0.15, 0.2) is 77.4 Å². The third-order valence-electron chi connectivity index (χ3n) is 4.60. The van der Waals surface area contributed by atoms with Gasteiger partial charge in [-0.15, -0.1) is 0 Å². The molecule has 0 fully saturated rings. The van der Waals surface area contributed by atoms with E-state index in [-0.39, 0.29) is 24.8 Å². The van der Waals surface area contributed by atoms with Gasteiger partial charge >= 0.3 is 0 Å². The Morgan fingerprint density at radius 3 is 2.41 bits per heavy atom. The molecule has 6 heteroatoms. The first-order valence-corrected chi connectivity index (χ1v) is 10.0. The highest BCUT2D eigenvalue weighted by molar-refractivity contribution is 9.10. The predicted molar refractivity (Wildman–Crippen MR) is 119 cm³/mol. The van der Waals surface area contributed by atoms with Crippen LogP contribution in [0.5, 0.6) is 0 Å². The molecule has 0 aliphatic carbocycles. The number of carbonyl (C=O) groups is 2. The fourth-order valence-corrected chi connectivity index (χ4v) is 3.52. The van der Waals surface area contributed by atoms with Crippen LogP contribution >= 0.6 is 15.9 Å². The molecule has 0 aliphatic heterocycles. The fourth-order valence-electron chi connectivity index (χ4n) is 3.11. The van der Waals surface area contributed by atoms with Crippen LogP contribution in [0.2, 0.25) is 0 Å². The molecule has 3 aromatic carbocycles. The van der Waals surface area contributed by atoms with Gasteiger partial charge in [0.25, 0.3) is 5.91 Å². The minimum Gasteiger partial charge on any atom is -0.352 e. The third-order valence-corrected chi connectivity index (χ3v) is 5.21. The number of hydrogen-bond acceptors (Lipinski definition) is 3. The molecule has 1 aromatic heterocycles. The number of nitrogens with zero attached hydrogens (tertiary/aromatic N) is 1. The van der Waals surface area contributed by atoms with Gasteiger partial charge in [0, 0.05) is 23.9 Å². The zero-order chi connectivity index (χ0) is 20.2. The highest BCUT2D eigenvalue weighted by Crippen LogP contribution is 2.25. The van der Waals surface area contributed by atoms with Crippen molar-refractivity contribution in [3.8, 4) is 0 Å². The van der Waals surface area contributed by atoms with Crippen molar-refractivity contribution in [2.45, 2.75) is 6.42 Å². The number of anilines is 1. The second-order valence-electron chi connectivity index (χ2n) is 6.64. The van der Waals surface area contributed by atoms with E-state index in [2.05, 4.69) is 31.5 Å². The SMILES string of the molecule is O=C(CCNC(=O)c1ccc2ccccc2c1)Nc1cc2ccccc2nc1Br. The minimum atomic E-state index is -0.197. The van der Waals surface area contributed by atoms with Crippen LogP contribution in [0.1, 0.15) is 16.8 Å². The van der Waals surface area contributed by atoms with Crippen LogP contribution in [0, 0.1) is 0 Å². The van der Waals surface area contributed by atoms with Crippen LogP contribution in [0.4, 0.5) is 5.69 Å². The molecular weight excluding hydrogens is 430 g/mol. The summed E-state index contributed by atoms with van der Waals surface area (Å²) in [5.41, 5.74) is 2.03. The Hall–Kier alpha value is -3.25. The average molecular weight is 448 g/mol.